The molecule has 0 N–H and O–H groups in total. The lowest BCUT2D eigenvalue weighted by Crippen LogP contribution is -2.08. The molecule has 0 atom stereocenters. The molecule has 0 aliphatic heterocycles. The van der Waals surface area contributed by atoms with Gasteiger partial charge >= 0.3 is 18.1 Å². The highest BCUT2D eigenvalue weighted by atomic mass is 19.4. The van der Waals surface area contributed by atoms with E-state index in [1.54, 1.807) is 36.4 Å². The van der Waals surface area contributed by atoms with E-state index in [2.05, 4.69) is 13.2 Å². The van der Waals surface area contributed by atoms with Gasteiger partial charge in [0.1, 0.15) is 22.5 Å². The van der Waals surface area contributed by atoms with E-state index in [9.17, 15) is 22.8 Å². The molecule has 0 amide bonds. The number of esters is 2. The van der Waals surface area contributed by atoms with Crippen molar-refractivity contribution in [3.8, 4) is 16.9 Å². The van der Waals surface area contributed by atoms with Gasteiger partial charge in [-0.1, -0.05) is 43.5 Å². The number of alkyl halides is 3. The van der Waals surface area contributed by atoms with Crippen molar-refractivity contribution in [2.75, 3.05) is 6.61 Å². The first-order valence-electron chi connectivity index (χ1n) is 11.0. The van der Waals surface area contributed by atoms with Crippen molar-refractivity contribution in [2.24, 2.45) is 0 Å². The summed E-state index contributed by atoms with van der Waals surface area (Å²) in [4.78, 5) is 22.6. The molecule has 0 aliphatic rings. The number of ether oxygens (including phenoxy) is 2. The highest BCUT2D eigenvalue weighted by molar-refractivity contribution is 6.08. The van der Waals surface area contributed by atoms with Crippen LogP contribution in [-0.2, 0) is 26.9 Å². The molecule has 0 spiro atoms. The molecule has 0 bridgehead atoms. The Hall–Kier alpha value is -4.33. The summed E-state index contributed by atoms with van der Waals surface area (Å²) in [5, 5.41) is 0.765. The van der Waals surface area contributed by atoms with Crippen LogP contribution in [0, 0.1) is 0 Å². The van der Waals surface area contributed by atoms with Crippen molar-refractivity contribution in [1.82, 2.24) is 0 Å². The Labute approximate surface area is 204 Å². The number of hydrogen-bond acceptors (Lipinski definition) is 5. The smallest absolute Gasteiger partial charge is 0.420 e. The van der Waals surface area contributed by atoms with Crippen LogP contribution >= 0.6 is 0 Å². The fourth-order valence-corrected chi connectivity index (χ4v) is 3.92. The van der Waals surface area contributed by atoms with Crippen LogP contribution in [0.15, 0.2) is 84.3 Å². The van der Waals surface area contributed by atoms with Gasteiger partial charge in [-0.3, -0.25) is 0 Å². The van der Waals surface area contributed by atoms with E-state index < -0.39 is 23.7 Å². The van der Waals surface area contributed by atoms with E-state index >= 15 is 0 Å². The van der Waals surface area contributed by atoms with Crippen LogP contribution in [-0.4, -0.2) is 18.5 Å². The largest absolute Gasteiger partial charge is 0.463 e. The molecular weight excluding hydrogens is 473 g/mol. The van der Waals surface area contributed by atoms with Gasteiger partial charge in [-0.25, -0.2) is 9.59 Å². The standard InChI is InChI=1S/C28H21F3O5/c1-3-24(32)34-15-5-6-17-7-9-18(10-8-17)20-13-14-22-21-12-11-19(35-25(33)4-2)16-23(21)36-27(22)26(20)28(29,30)31/h3-4,7-14,16H,1-2,5-6,15H2. The molecule has 0 radical (unpaired) electrons. The lowest BCUT2D eigenvalue weighted by atomic mass is 9.95. The van der Waals surface area contributed by atoms with Gasteiger partial charge in [0.25, 0.3) is 0 Å². The first kappa shape index (κ1) is 24.8. The Kier molecular flexibility index (Phi) is 6.96. The molecule has 8 heteroatoms. The Balaban J connectivity index is 1.69. The average Bonchev–Trinajstić information content (AvgIpc) is 3.23. The normalized spacial score (nSPS) is 11.4. The van der Waals surface area contributed by atoms with Crippen molar-refractivity contribution in [3.63, 3.8) is 0 Å². The summed E-state index contributed by atoms with van der Waals surface area (Å²) in [5.74, 6) is -1.06. The molecule has 0 aliphatic carbocycles. The fourth-order valence-electron chi connectivity index (χ4n) is 3.92. The van der Waals surface area contributed by atoms with Crippen LogP contribution in [0.25, 0.3) is 33.1 Å². The van der Waals surface area contributed by atoms with E-state index in [-0.39, 0.29) is 29.1 Å². The molecule has 5 nitrogen and oxygen atoms in total. The Morgan fingerprint density at radius 3 is 2.28 bits per heavy atom. The van der Waals surface area contributed by atoms with Gasteiger partial charge in [0.05, 0.1) is 6.61 Å². The highest BCUT2D eigenvalue weighted by Gasteiger charge is 2.38. The summed E-state index contributed by atoms with van der Waals surface area (Å²) in [5.41, 5.74) is 0.245. The highest BCUT2D eigenvalue weighted by Crippen LogP contribution is 2.45. The zero-order chi connectivity index (χ0) is 25.9. The van der Waals surface area contributed by atoms with Crippen LogP contribution in [0.2, 0.25) is 0 Å². The second kappa shape index (κ2) is 10.1. The first-order valence-corrected chi connectivity index (χ1v) is 11.0. The Bertz CT molecular complexity index is 1460. The quantitative estimate of drug-likeness (QED) is 0.114. The summed E-state index contributed by atoms with van der Waals surface area (Å²) in [6.45, 7) is 6.87. The molecule has 4 aromatic rings. The molecule has 0 saturated carbocycles. The topological polar surface area (TPSA) is 65.7 Å². The molecule has 1 aromatic heterocycles. The van der Waals surface area contributed by atoms with Gasteiger partial charge in [-0.2, -0.15) is 13.2 Å². The fraction of sp³-hybridized carbons (Fsp3) is 0.143. The first-order chi connectivity index (χ1) is 17.2. The molecule has 0 fully saturated rings. The summed E-state index contributed by atoms with van der Waals surface area (Å²) in [6.07, 6.45) is -1.45. The molecular formula is C28H21F3O5. The molecule has 36 heavy (non-hydrogen) atoms. The van der Waals surface area contributed by atoms with E-state index in [0.717, 1.165) is 17.7 Å². The molecule has 184 valence electrons. The average molecular weight is 494 g/mol. The zero-order valence-corrected chi connectivity index (χ0v) is 19.1. The van der Waals surface area contributed by atoms with Crippen molar-refractivity contribution in [2.45, 2.75) is 19.0 Å². The lowest BCUT2D eigenvalue weighted by molar-refractivity contribution is -0.138. The van der Waals surface area contributed by atoms with Gasteiger partial charge in [0.15, 0.2) is 0 Å². The maximum absolute atomic E-state index is 14.3. The van der Waals surface area contributed by atoms with Crippen molar-refractivity contribution in [1.29, 1.82) is 0 Å². The minimum atomic E-state index is -4.69. The summed E-state index contributed by atoms with van der Waals surface area (Å²) < 4.78 is 58.5. The summed E-state index contributed by atoms with van der Waals surface area (Å²) >= 11 is 0. The number of fused-ring (bicyclic) bond motifs is 3. The van der Waals surface area contributed by atoms with Crippen LogP contribution in [0.5, 0.6) is 5.75 Å². The minimum absolute atomic E-state index is 0.0150. The van der Waals surface area contributed by atoms with E-state index in [1.165, 1.54) is 18.2 Å². The monoisotopic (exact) mass is 494 g/mol. The minimum Gasteiger partial charge on any atom is -0.463 e. The number of carbonyl (C=O) groups is 2. The number of furan rings is 1. The number of rotatable bonds is 8. The van der Waals surface area contributed by atoms with Gasteiger partial charge in [0, 0.05) is 29.0 Å². The molecule has 4 rings (SSSR count). The predicted molar refractivity (Wildman–Crippen MR) is 129 cm³/mol. The molecule has 1 heterocycles. The maximum Gasteiger partial charge on any atom is 0.420 e. The number of benzene rings is 3. The second-order valence-corrected chi connectivity index (χ2v) is 7.92. The van der Waals surface area contributed by atoms with E-state index in [1.807, 2.05) is 0 Å². The maximum atomic E-state index is 14.3. The van der Waals surface area contributed by atoms with Gasteiger partial charge in [-0.05, 0) is 47.7 Å². The van der Waals surface area contributed by atoms with Gasteiger partial charge < -0.3 is 13.9 Å². The van der Waals surface area contributed by atoms with E-state index in [0.29, 0.717) is 29.2 Å². The number of hydrogen-bond donors (Lipinski definition) is 0. The zero-order valence-electron chi connectivity index (χ0n) is 19.1. The lowest BCUT2D eigenvalue weighted by Gasteiger charge is -2.14. The SMILES string of the molecule is C=CC(=O)OCCCc1ccc(-c2ccc3c(oc4cc(OC(=O)C=C)ccc43)c2C(F)(F)F)cc1. The van der Waals surface area contributed by atoms with Crippen molar-refractivity contribution in [3.05, 3.63) is 91.0 Å². The predicted octanol–water partition coefficient (Wildman–Crippen LogP) is 7.03. The van der Waals surface area contributed by atoms with Crippen molar-refractivity contribution < 1.29 is 36.7 Å². The van der Waals surface area contributed by atoms with Crippen LogP contribution in [0.4, 0.5) is 13.2 Å². The van der Waals surface area contributed by atoms with E-state index in [4.69, 9.17) is 13.9 Å². The third kappa shape index (κ3) is 5.17. The summed E-state index contributed by atoms with van der Waals surface area (Å²) in [6, 6.07) is 14.1. The number of aryl methyl sites for hydroxylation is 1. The van der Waals surface area contributed by atoms with Crippen LogP contribution in [0.3, 0.4) is 0 Å². The molecule has 0 saturated heterocycles. The van der Waals surface area contributed by atoms with Crippen molar-refractivity contribution >= 4 is 33.9 Å². The van der Waals surface area contributed by atoms with Crippen LogP contribution in [0.1, 0.15) is 17.5 Å². The third-order valence-electron chi connectivity index (χ3n) is 5.57. The third-order valence-corrected chi connectivity index (χ3v) is 5.57. The Morgan fingerprint density at radius 1 is 0.917 bits per heavy atom. The number of carbonyl (C=O) groups excluding carboxylic acids is 2. The molecule has 0 unspecified atom stereocenters. The Morgan fingerprint density at radius 2 is 1.61 bits per heavy atom. The van der Waals surface area contributed by atoms with Crippen LogP contribution < -0.4 is 4.74 Å². The summed E-state index contributed by atoms with van der Waals surface area (Å²) in [7, 11) is 0. The second-order valence-electron chi connectivity index (χ2n) is 7.92. The van der Waals surface area contributed by atoms with Gasteiger partial charge in [-0.15, -0.1) is 0 Å². The molecule has 3 aromatic carbocycles. The van der Waals surface area contributed by atoms with Gasteiger partial charge in [0.2, 0.25) is 0 Å². The number of halogens is 3.